The Hall–Kier alpha value is -1.36. The third-order valence-electron chi connectivity index (χ3n) is 3.46. The Balaban J connectivity index is 1.97. The van der Waals surface area contributed by atoms with Crippen molar-refractivity contribution in [3.63, 3.8) is 0 Å². The van der Waals surface area contributed by atoms with Crippen LogP contribution in [0.1, 0.15) is 11.3 Å². The van der Waals surface area contributed by atoms with E-state index in [1.54, 1.807) is 0 Å². The first-order valence-corrected chi connectivity index (χ1v) is 6.68. The van der Waals surface area contributed by atoms with Crippen molar-refractivity contribution in [1.29, 1.82) is 0 Å². The number of aliphatic hydroxyl groups is 1. The van der Waals surface area contributed by atoms with Crippen LogP contribution in [0, 0.1) is 6.92 Å². The van der Waals surface area contributed by atoms with Crippen LogP contribution in [0.3, 0.4) is 0 Å². The first-order valence-electron chi connectivity index (χ1n) is 6.68. The van der Waals surface area contributed by atoms with Gasteiger partial charge in [-0.25, -0.2) is 0 Å². The highest BCUT2D eigenvalue weighted by Crippen LogP contribution is 2.23. The highest BCUT2D eigenvalue weighted by molar-refractivity contribution is 5.85. The number of aromatic nitrogens is 1. The molecule has 0 aliphatic rings. The van der Waals surface area contributed by atoms with Gasteiger partial charge in [0, 0.05) is 36.7 Å². The van der Waals surface area contributed by atoms with Crippen molar-refractivity contribution >= 4 is 10.9 Å². The van der Waals surface area contributed by atoms with E-state index in [1.807, 2.05) is 0 Å². The van der Waals surface area contributed by atoms with Gasteiger partial charge in [0.15, 0.2) is 0 Å². The second kappa shape index (κ2) is 6.70. The van der Waals surface area contributed by atoms with Crippen LogP contribution in [-0.4, -0.2) is 36.0 Å². The molecule has 0 radical (unpaired) electrons. The van der Waals surface area contributed by atoms with E-state index in [1.165, 1.54) is 22.2 Å². The summed E-state index contributed by atoms with van der Waals surface area (Å²) in [6, 6.07) is 8.46. The summed E-state index contributed by atoms with van der Waals surface area (Å²) in [7, 11) is 2.11. The third kappa shape index (κ3) is 3.15. The molecule has 1 heterocycles. The van der Waals surface area contributed by atoms with E-state index in [2.05, 4.69) is 48.1 Å². The molecule has 19 heavy (non-hydrogen) atoms. The molecule has 2 rings (SSSR count). The van der Waals surface area contributed by atoms with Gasteiger partial charge in [-0.05, 0) is 18.6 Å². The van der Waals surface area contributed by atoms with Crippen LogP contribution in [0.5, 0.6) is 0 Å². The van der Waals surface area contributed by atoms with Crippen LogP contribution in [0.25, 0.3) is 10.9 Å². The summed E-state index contributed by atoms with van der Waals surface area (Å²) >= 11 is 0. The number of aryl methyl sites for hydroxylation is 2. The maximum atomic E-state index is 8.61. The molecule has 0 atom stereocenters. The molecule has 0 saturated heterocycles. The van der Waals surface area contributed by atoms with Crippen molar-refractivity contribution in [3.8, 4) is 0 Å². The minimum atomic E-state index is 0.0856. The number of ether oxygens (including phenoxy) is 1. The smallest absolute Gasteiger partial charge is 0.0698 e. The van der Waals surface area contributed by atoms with Crippen LogP contribution in [0.2, 0.25) is 0 Å². The van der Waals surface area contributed by atoms with Gasteiger partial charge in [-0.2, -0.15) is 0 Å². The van der Waals surface area contributed by atoms with Crippen LogP contribution in [0.4, 0.5) is 0 Å². The molecular weight excluding hydrogens is 240 g/mol. The lowest BCUT2D eigenvalue weighted by atomic mass is 10.1. The van der Waals surface area contributed by atoms with Gasteiger partial charge < -0.3 is 19.7 Å². The predicted molar refractivity (Wildman–Crippen MR) is 77.3 cm³/mol. The number of rotatable bonds is 7. The van der Waals surface area contributed by atoms with Gasteiger partial charge in [-0.1, -0.05) is 18.2 Å². The second-order valence-corrected chi connectivity index (χ2v) is 4.66. The summed E-state index contributed by atoms with van der Waals surface area (Å²) in [6.45, 7) is 4.92. The first kappa shape index (κ1) is 14.1. The van der Waals surface area contributed by atoms with Crippen molar-refractivity contribution in [2.24, 2.45) is 7.05 Å². The monoisotopic (exact) mass is 262 g/mol. The summed E-state index contributed by atoms with van der Waals surface area (Å²) in [5.41, 5.74) is 3.92. The first-order chi connectivity index (χ1) is 9.25. The molecule has 2 N–H and O–H groups in total. The predicted octanol–water partition coefficient (Wildman–Crippen LogP) is 1.59. The normalized spacial score (nSPS) is 11.3. The highest BCUT2D eigenvalue weighted by atomic mass is 16.5. The Morgan fingerprint density at radius 2 is 2.05 bits per heavy atom. The summed E-state index contributed by atoms with van der Waals surface area (Å²) in [4.78, 5) is 0. The van der Waals surface area contributed by atoms with Crippen molar-refractivity contribution in [1.82, 2.24) is 9.88 Å². The van der Waals surface area contributed by atoms with Crippen LogP contribution >= 0.6 is 0 Å². The van der Waals surface area contributed by atoms with E-state index in [-0.39, 0.29) is 6.61 Å². The van der Waals surface area contributed by atoms with Crippen molar-refractivity contribution < 1.29 is 9.84 Å². The fraction of sp³-hybridized carbons (Fsp3) is 0.467. The number of hydrogen-bond donors (Lipinski definition) is 2. The Kier molecular flexibility index (Phi) is 4.96. The zero-order chi connectivity index (χ0) is 13.7. The molecule has 0 spiro atoms. The van der Waals surface area contributed by atoms with Gasteiger partial charge in [0.2, 0.25) is 0 Å². The number of benzene rings is 1. The number of nitrogens with one attached hydrogen (secondary N) is 1. The van der Waals surface area contributed by atoms with Gasteiger partial charge >= 0.3 is 0 Å². The zero-order valence-corrected chi connectivity index (χ0v) is 11.6. The molecule has 1 aromatic heterocycles. The van der Waals surface area contributed by atoms with Gasteiger partial charge in [0.05, 0.1) is 19.8 Å². The van der Waals surface area contributed by atoms with E-state index in [0.29, 0.717) is 13.2 Å². The summed E-state index contributed by atoms with van der Waals surface area (Å²) < 4.78 is 7.46. The molecule has 0 fully saturated rings. The van der Waals surface area contributed by atoms with E-state index >= 15 is 0 Å². The Morgan fingerprint density at radius 3 is 2.79 bits per heavy atom. The Morgan fingerprint density at radius 1 is 1.26 bits per heavy atom. The Labute approximate surface area is 114 Å². The summed E-state index contributed by atoms with van der Waals surface area (Å²) in [6.07, 6.45) is 0. The van der Waals surface area contributed by atoms with E-state index in [9.17, 15) is 0 Å². The number of para-hydroxylation sites is 1. The molecule has 0 saturated carbocycles. The number of fused-ring (bicyclic) bond motifs is 1. The molecule has 4 heteroatoms. The highest BCUT2D eigenvalue weighted by Gasteiger charge is 2.10. The molecule has 0 aliphatic heterocycles. The van der Waals surface area contributed by atoms with Crippen molar-refractivity contribution in [3.05, 3.63) is 35.5 Å². The van der Waals surface area contributed by atoms with Gasteiger partial charge in [-0.15, -0.1) is 0 Å². The molecule has 4 nitrogen and oxygen atoms in total. The summed E-state index contributed by atoms with van der Waals surface area (Å²) in [5, 5.41) is 13.3. The van der Waals surface area contributed by atoms with Crippen molar-refractivity contribution in [2.75, 3.05) is 26.4 Å². The third-order valence-corrected chi connectivity index (χ3v) is 3.46. The topological polar surface area (TPSA) is 46.4 Å². The lowest BCUT2D eigenvalue weighted by Gasteiger charge is -2.08. The molecule has 0 aliphatic carbocycles. The van der Waals surface area contributed by atoms with Crippen LogP contribution in [0.15, 0.2) is 24.3 Å². The minimum Gasteiger partial charge on any atom is -0.394 e. The molecule has 1 aromatic carbocycles. The fourth-order valence-electron chi connectivity index (χ4n) is 2.40. The van der Waals surface area contributed by atoms with Gasteiger partial charge in [0.25, 0.3) is 0 Å². The standard InChI is InChI=1S/C15H22N2O2/c1-12-13-5-3-4-6-14(13)17(2)15(12)11-16-7-9-19-10-8-18/h3-6,16,18H,7-11H2,1-2H3. The average molecular weight is 262 g/mol. The molecular formula is C15H22N2O2. The Bertz CT molecular complexity index is 495. The van der Waals surface area contributed by atoms with Crippen molar-refractivity contribution in [2.45, 2.75) is 13.5 Å². The van der Waals surface area contributed by atoms with Gasteiger partial charge in [0.1, 0.15) is 0 Å². The second-order valence-electron chi connectivity index (χ2n) is 4.66. The summed E-state index contributed by atoms with van der Waals surface area (Å²) in [5.74, 6) is 0. The SMILES string of the molecule is Cc1c(CNCCOCCO)n(C)c2ccccc12. The quantitative estimate of drug-likeness (QED) is 0.745. The largest absolute Gasteiger partial charge is 0.394 e. The average Bonchev–Trinajstić information content (AvgIpc) is 2.68. The maximum absolute atomic E-state index is 8.61. The van der Waals surface area contributed by atoms with E-state index in [0.717, 1.165) is 13.1 Å². The number of aliphatic hydroxyl groups excluding tert-OH is 1. The lowest BCUT2D eigenvalue weighted by molar-refractivity contribution is 0.0937. The molecule has 0 amide bonds. The number of nitrogens with zero attached hydrogens (tertiary/aromatic N) is 1. The van der Waals surface area contributed by atoms with E-state index < -0.39 is 0 Å². The number of hydrogen-bond acceptors (Lipinski definition) is 3. The molecule has 2 aromatic rings. The minimum absolute atomic E-state index is 0.0856. The maximum Gasteiger partial charge on any atom is 0.0698 e. The van der Waals surface area contributed by atoms with Gasteiger partial charge in [-0.3, -0.25) is 0 Å². The molecule has 0 bridgehead atoms. The zero-order valence-electron chi connectivity index (χ0n) is 11.6. The molecule has 0 unspecified atom stereocenters. The fourth-order valence-corrected chi connectivity index (χ4v) is 2.40. The lowest BCUT2D eigenvalue weighted by Crippen LogP contribution is -2.21. The van der Waals surface area contributed by atoms with Crippen LogP contribution < -0.4 is 5.32 Å². The van der Waals surface area contributed by atoms with E-state index in [4.69, 9.17) is 9.84 Å². The van der Waals surface area contributed by atoms with Crippen LogP contribution in [-0.2, 0) is 18.3 Å². The molecule has 104 valence electrons.